The van der Waals surface area contributed by atoms with Crippen LogP contribution >= 0.6 is 11.6 Å². The molecule has 5 heteroatoms. The zero-order valence-electron chi connectivity index (χ0n) is 12.7. The number of rotatable bonds is 5. The van der Waals surface area contributed by atoms with Crippen molar-refractivity contribution in [1.29, 1.82) is 0 Å². The fourth-order valence-electron chi connectivity index (χ4n) is 2.93. The summed E-state index contributed by atoms with van der Waals surface area (Å²) in [5.41, 5.74) is 8.01. The van der Waals surface area contributed by atoms with E-state index in [0.717, 1.165) is 0 Å². The molecule has 0 bridgehead atoms. The molecule has 0 saturated heterocycles. The molecule has 1 unspecified atom stereocenters. The van der Waals surface area contributed by atoms with Gasteiger partial charge in [-0.3, -0.25) is 9.69 Å². The van der Waals surface area contributed by atoms with Crippen LogP contribution in [0.1, 0.15) is 11.1 Å². The number of amides is 1. The van der Waals surface area contributed by atoms with Gasteiger partial charge in [0.05, 0.1) is 11.1 Å². The van der Waals surface area contributed by atoms with Gasteiger partial charge in [-0.1, -0.05) is 48.0 Å². The van der Waals surface area contributed by atoms with Gasteiger partial charge in [0, 0.05) is 13.1 Å². The number of nitrogens with two attached hydrogens (primary N) is 1. The number of benzene rings is 2. The number of fused-ring (bicyclic) bond motifs is 1. The average Bonchev–Trinajstić information content (AvgIpc) is 2.56. The lowest BCUT2D eigenvalue weighted by atomic mass is 9.93. The van der Waals surface area contributed by atoms with E-state index in [9.17, 15) is 4.79 Å². The van der Waals surface area contributed by atoms with Crippen molar-refractivity contribution in [2.75, 3.05) is 13.2 Å². The van der Waals surface area contributed by atoms with E-state index in [4.69, 9.17) is 22.1 Å². The minimum Gasteiger partial charge on any atom is -0.491 e. The Labute approximate surface area is 140 Å². The molecule has 1 aliphatic rings. The van der Waals surface area contributed by atoms with Gasteiger partial charge >= 0.3 is 0 Å². The van der Waals surface area contributed by atoms with Gasteiger partial charge in [0.2, 0.25) is 5.91 Å². The van der Waals surface area contributed by atoms with Gasteiger partial charge < -0.3 is 10.5 Å². The Balaban J connectivity index is 1.66. The Morgan fingerprint density at radius 3 is 2.61 bits per heavy atom. The zero-order chi connectivity index (χ0) is 16.2. The van der Waals surface area contributed by atoms with Crippen molar-refractivity contribution >= 4 is 17.5 Å². The van der Waals surface area contributed by atoms with Gasteiger partial charge in [-0.2, -0.15) is 0 Å². The molecule has 2 N–H and O–H groups in total. The van der Waals surface area contributed by atoms with Crippen molar-refractivity contribution in [3.63, 3.8) is 0 Å². The number of halogens is 1. The minimum atomic E-state index is -0.294. The maximum absolute atomic E-state index is 11.8. The van der Waals surface area contributed by atoms with E-state index in [1.54, 1.807) is 6.07 Å². The summed E-state index contributed by atoms with van der Waals surface area (Å²) in [5.74, 6) is 0.361. The molecule has 3 rings (SSSR count). The summed E-state index contributed by atoms with van der Waals surface area (Å²) < 4.78 is 5.73. The fraction of sp³-hybridized carbons (Fsp3) is 0.278. The second-order valence-corrected chi connectivity index (χ2v) is 6.05. The van der Waals surface area contributed by atoms with Crippen LogP contribution in [0.5, 0.6) is 5.75 Å². The lowest BCUT2D eigenvalue weighted by Gasteiger charge is -2.34. The van der Waals surface area contributed by atoms with Crippen LogP contribution in [-0.4, -0.2) is 30.0 Å². The normalized spacial score (nSPS) is 17.5. The Bertz CT molecular complexity index is 705. The smallest absolute Gasteiger partial charge is 0.235 e. The largest absolute Gasteiger partial charge is 0.491 e. The highest BCUT2D eigenvalue weighted by Gasteiger charge is 2.29. The van der Waals surface area contributed by atoms with Gasteiger partial charge in [-0.15, -0.1) is 0 Å². The number of hydrogen-bond acceptors (Lipinski definition) is 3. The van der Waals surface area contributed by atoms with Crippen LogP contribution in [0.4, 0.5) is 0 Å². The summed E-state index contributed by atoms with van der Waals surface area (Å²) in [4.78, 5) is 13.9. The predicted octanol–water partition coefficient (Wildman–Crippen LogP) is 2.63. The first-order valence-corrected chi connectivity index (χ1v) is 8.00. The van der Waals surface area contributed by atoms with Crippen LogP contribution in [0.15, 0.2) is 48.5 Å². The number of carbonyl (C=O) groups excluding carboxylic acids is 1. The molecule has 1 aliphatic heterocycles. The third-order valence-corrected chi connectivity index (χ3v) is 4.46. The van der Waals surface area contributed by atoms with E-state index in [1.165, 1.54) is 11.1 Å². The second kappa shape index (κ2) is 7.02. The molecular formula is C18H19ClN2O2. The highest BCUT2D eigenvalue weighted by atomic mass is 35.5. The van der Waals surface area contributed by atoms with Gasteiger partial charge in [0.15, 0.2) is 0 Å². The standard InChI is InChI=1S/C18H19ClN2O2/c19-15-7-3-4-8-17(15)23-10-9-21-12-14-6-2-1-5-13(14)11-16(21)18(20)22/h1-8,16H,9-12H2,(H2,20,22). The van der Waals surface area contributed by atoms with E-state index < -0.39 is 0 Å². The van der Waals surface area contributed by atoms with E-state index in [1.807, 2.05) is 30.3 Å². The lowest BCUT2D eigenvalue weighted by Crippen LogP contribution is -2.49. The van der Waals surface area contributed by atoms with Crippen LogP contribution in [0.3, 0.4) is 0 Å². The molecule has 1 amide bonds. The van der Waals surface area contributed by atoms with Crippen molar-refractivity contribution in [2.24, 2.45) is 5.73 Å². The molecule has 2 aromatic carbocycles. The molecule has 4 nitrogen and oxygen atoms in total. The molecule has 0 spiro atoms. The lowest BCUT2D eigenvalue weighted by molar-refractivity contribution is -0.123. The molecule has 120 valence electrons. The Kier molecular flexibility index (Phi) is 4.84. The number of nitrogens with zero attached hydrogens (tertiary/aromatic N) is 1. The molecular weight excluding hydrogens is 312 g/mol. The molecule has 0 aliphatic carbocycles. The van der Waals surface area contributed by atoms with Crippen molar-refractivity contribution < 1.29 is 9.53 Å². The Morgan fingerprint density at radius 2 is 1.87 bits per heavy atom. The monoisotopic (exact) mass is 330 g/mol. The van der Waals surface area contributed by atoms with Crippen molar-refractivity contribution in [2.45, 2.75) is 19.0 Å². The molecule has 2 aromatic rings. The van der Waals surface area contributed by atoms with Gasteiger partial charge in [-0.05, 0) is 29.7 Å². The number of para-hydroxylation sites is 1. The first-order chi connectivity index (χ1) is 11.1. The van der Waals surface area contributed by atoms with Crippen LogP contribution in [-0.2, 0) is 17.8 Å². The number of primary amides is 1. The maximum atomic E-state index is 11.8. The average molecular weight is 331 g/mol. The first kappa shape index (κ1) is 15.8. The summed E-state index contributed by atoms with van der Waals surface area (Å²) >= 11 is 6.08. The van der Waals surface area contributed by atoms with Crippen molar-refractivity contribution in [1.82, 2.24) is 4.90 Å². The quantitative estimate of drug-likeness (QED) is 0.917. The first-order valence-electron chi connectivity index (χ1n) is 7.62. The highest BCUT2D eigenvalue weighted by molar-refractivity contribution is 6.32. The van der Waals surface area contributed by atoms with E-state index >= 15 is 0 Å². The molecule has 1 atom stereocenters. The maximum Gasteiger partial charge on any atom is 0.235 e. The third kappa shape index (κ3) is 3.66. The summed E-state index contributed by atoms with van der Waals surface area (Å²) in [7, 11) is 0. The van der Waals surface area contributed by atoms with Crippen LogP contribution < -0.4 is 10.5 Å². The van der Waals surface area contributed by atoms with Crippen LogP contribution in [0.2, 0.25) is 5.02 Å². The summed E-state index contributed by atoms with van der Waals surface area (Å²) in [5, 5.41) is 0.586. The van der Waals surface area contributed by atoms with Gasteiger partial charge in [-0.25, -0.2) is 0 Å². The number of carbonyl (C=O) groups is 1. The molecule has 0 radical (unpaired) electrons. The molecule has 23 heavy (non-hydrogen) atoms. The minimum absolute atomic E-state index is 0.292. The SMILES string of the molecule is NC(=O)C1Cc2ccccc2CN1CCOc1ccccc1Cl. The highest BCUT2D eigenvalue weighted by Crippen LogP contribution is 2.25. The number of hydrogen-bond donors (Lipinski definition) is 1. The Hall–Kier alpha value is -2.04. The zero-order valence-corrected chi connectivity index (χ0v) is 13.5. The third-order valence-electron chi connectivity index (χ3n) is 4.15. The Morgan fingerprint density at radius 1 is 1.17 bits per heavy atom. The van der Waals surface area contributed by atoms with Crippen LogP contribution in [0, 0.1) is 0 Å². The van der Waals surface area contributed by atoms with Crippen molar-refractivity contribution in [3.8, 4) is 5.75 Å². The van der Waals surface area contributed by atoms with Crippen LogP contribution in [0.25, 0.3) is 0 Å². The van der Waals surface area contributed by atoms with E-state index in [2.05, 4.69) is 17.0 Å². The molecule has 0 aromatic heterocycles. The van der Waals surface area contributed by atoms with E-state index in [-0.39, 0.29) is 11.9 Å². The predicted molar refractivity (Wildman–Crippen MR) is 90.5 cm³/mol. The topological polar surface area (TPSA) is 55.6 Å². The molecule has 0 saturated carbocycles. The van der Waals surface area contributed by atoms with E-state index in [0.29, 0.717) is 36.9 Å². The van der Waals surface area contributed by atoms with Crippen molar-refractivity contribution in [3.05, 3.63) is 64.7 Å². The van der Waals surface area contributed by atoms with Gasteiger partial charge in [0.25, 0.3) is 0 Å². The number of ether oxygens (including phenoxy) is 1. The summed E-state index contributed by atoms with van der Waals surface area (Å²) in [6.45, 7) is 1.78. The summed E-state index contributed by atoms with van der Waals surface area (Å²) in [6, 6.07) is 15.2. The molecule has 1 heterocycles. The fourth-order valence-corrected chi connectivity index (χ4v) is 3.12. The second-order valence-electron chi connectivity index (χ2n) is 5.64. The van der Waals surface area contributed by atoms with Gasteiger partial charge in [0.1, 0.15) is 12.4 Å². The summed E-state index contributed by atoms with van der Waals surface area (Å²) in [6.07, 6.45) is 0.650. The molecule has 0 fully saturated rings.